The van der Waals surface area contributed by atoms with Crippen molar-refractivity contribution in [2.24, 2.45) is 0 Å². The number of aliphatic hydroxyl groups is 1. The molecule has 0 heterocycles. The van der Waals surface area contributed by atoms with Crippen molar-refractivity contribution in [1.29, 1.82) is 0 Å². The van der Waals surface area contributed by atoms with Crippen LogP contribution in [0.5, 0.6) is 0 Å². The van der Waals surface area contributed by atoms with E-state index in [-0.39, 0.29) is 17.9 Å². The predicted molar refractivity (Wildman–Crippen MR) is 46.8 cm³/mol. The highest BCUT2D eigenvalue weighted by molar-refractivity contribution is 5.88. The van der Waals surface area contributed by atoms with E-state index in [1.165, 1.54) is 13.0 Å². The Kier molecular flexibility index (Phi) is 4.84. The molecule has 0 rings (SSSR count). The highest BCUT2D eigenvalue weighted by atomic mass is 16.5. The molecule has 0 bridgehead atoms. The largest absolute Gasteiger partial charge is 0.512 e. The van der Waals surface area contributed by atoms with Crippen LogP contribution in [0.25, 0.3) is 0 Å². The second-order valence-corrected chi connectivity index (χ2v) is 2.31. The maximum Gasteiger partial charge on any atom is 0.337 e. The fourth-order valence-electron chi connectivity index (χ4n) is 0.626. The molecule has 3 nitrogen and oxygen atoms in total. The van der Waals surface area contributed by atoms with Gasteiger partial charge in [-0.15, -0.1) is 0 Å². The molecule has 0 aromatic rings. The Morgan fingerprint density at radius 1 is 1.67 bits per heavy atom. The molecule has 0 amide bonds. The molecule has 0 radical (unpaired) electrons. The highest BCUT2D eigenvalue weighted by Gasteiger charge is 2.08. The lowest BCUT2D eigenvalue weighted by atomic mass is 10.2. The standard InChI is InChI=1S/C9H14O3/c1-4-6-12-9(11)7(3)8(10)5-2/h4,10H,1,5-6H2,2-3H3/b8-7+. The summed E-state index contributed by atoms with van der Waals surface area (Å²) in [5, 5.41) is 9.15. The summed E-state index contributed by atoms with van der Waals surface area (Å²) in [6, 6.07) is 0. The van der Waals surface area contributed by atoms with E-state index >= 15 is 0 Å². The molecule has 3 heteroatoms. The van der Waals surface area contributed by atoms with E-state index < -0.39 is 5.97 Å². The van der Waals surface area contributed by atoms with Crippen LogP contribution in [0, 0.1) is 0 Å². The average molecular weight is 170 g/mol. The van der Waals surface area contributed by atoms with E-state index in [9.17, 15) is 4.79 Å². The van der Waals surface area contributed by atoms with Crippen molar-refractivity contribution in [2.45, 2.75) is 20.3 Å². The molecule has 0 aliphatic heterocycles. The number of rotatable bonds is 4. The van der Waals surface area contributed by atoms with Crippen LogP contribution in [-0.4, -0.2) is 17.7 Å². The minimum atomic E-state index is -0.491. The summed E-state index contributed by atoms with van der Waals surface area (Å²) in [5.41, 5.74) is 0.263. The average Bonchev–Trinajstić information content (AvgIpc) is 2.11. The number of ether oxygens (including phenoxy) is 1. The minimum absolute atomic E-state index is 0.0732. The van der Waals surface area contributed by atoms with Crippen LogP contribution in [0.1, 0.15) is 20.3 Å². The van der Waals surface area contributed by atoms with Gasteiger partial charge in [-0.1, -0.05) is 19.6 Å². The van der Waals surface area contributed by atoms with Gasteiger partial charge >= 0.3 is 5.97 Å². The lowest BCUT2D eigenvalue weighted by Crippen LogP contribution is -2.07. The highest BCUT2D eigenvalue weighted by Crippen LogP contribution is 2.06. The molecule has 12 heavy (non-hydrogen) atoms. The number of esters is 1. The molecule has 0 spiro atoms. The van der Waals surface area contributed by atoms with Crippen molar-refractivity contribution >= 4 is 5.97 Å². The van der Waals surface area contributed by atoms with E-state index in [4.69, 9.17) is 9.84 Å². The van der Waals surface area contributed by atoms with Gasteiger partial charge in [0, 0.05) is 6.42 Å². The molecular formula is C9H14O3. The van der Waals surface area contributed by atoms with Crippen molar-refractivity contribution in [3.8, 4) is 0 Å². The summed E-state index contributed by atoms with van der Waals surface area (Å²) in [6.07, 6.45) is 1.92. The first-order valence-corrected chi connectivity index (χ1v) is 3.80. The van der Waals surface area contributed by atoms with Crippen molar-refractivity contribution in [3.05, 3.63) is 24.0 Å². The Balaban J connectivity index is 4.18. The molecule has 68 valence electrons. The molecule has 0 saturated carbocycles. The molecule has 0 aliphatic carbocycles. The van der Waals surface area contributed by atoms with Gasteiger partial charge in [0.1, 0.15) is 12.4 Å². The van der Waals surface area contributed by atoms with Gasteiger partial charge in [0.05, 0.1) is 5.57 Å². The quantitative estimate of drug-likeness (QED) is 0.303. The van der Waals surface area contributed by atoms with Gasteiger partial charge in [-0.25, -0.2) is 4.79 Å². The van der Waals surface area contributed by atoms with Gasteiger partial charge in [-0.3, -0.25) is 0 Å². The Bertz CT molecular complexity index is 204. The Morgan fingerprint density at radius 3 is 2.67 bits per heavy atom. The van der Waals surface area contributed by atoms with Crippen LogP contribution in [-0.2, 0) is 9.53 Å². The second kappa shape index (κ2) is 5.41. The number of hydrogen-bond donors (Lipinski definition) is 1. The number of aliphatic hydroxyl groups excluding tert-OH is 1. The third kappa shape index (κ3) is 3.23. The third-order valence-corrected chi connectivity index (χ3v) is 1.41. The van der Waals surface area contributed by atoms with E-state index in [1.54, 1.807) is 6.92 Å². The maximum atomic E-state index is 11.0. The van der Waals surface area contributed by atoms with Crippen LogP contribution in [0.15, 0.2) is 24.0 Å². The van der Waals surface area contributed by atoms with Crippen LogP contribution in [0.4, 0.5) is 0 Å². The molecule has 0 aromatic heterocycles. The van der Waals surface area contributed by atoms with Crippen molar-refractivity contribution in [2.75, 3.05) is 6.61 Å². The molecule has 0 aromatic carbocycles. The third-order valence-electron chi connectivity index (χ3n) is 1.41. The Labute approximate surface area is 72.3 Å². The van der Waals surface area contributed by atoms with Crippen LogP contribution < -0.4 is 0 Å². The molecular weight excluding hydrogens is 156 g/mol. The zero-order valence-corrected chi connectivity index (χ0v) is 7.46. The topological polar surface area (TPSA) is 46.5 Å². The number of carbonyl (C=O) groups is 1. The lowest BCUT2D eigenvalue weighted by molar-refractivity contribution is -0.138. The molecule has 0 unspecified atom stereocenters. The van der Waals surface area contributed by atoms with Crippen molar-refractivity contribution in [1.82, 2.24) is 0 Å². The van der Waals surface area contributed by atoms with Gasteiger partial charge in [-0.2, -0.15) is 0 Å². The summed E-state index contributed by atoms with van der Waals surface area (Å²) in [7, 11) is 0. The SMILES string of the molecule is C=CCOC(=O)/C(C)=C(/O)CC. The van der Waals surface area contributed by atoms with Gasteiger partial charge in [0.2, 0.25) is 0 Å². The van der Waals surface area contributed by atoms with Gasteiger partial charge in [0.25, 0.3) is 0 Å². The summed E-state index contributed by atoms with van der Waals surface area (Å²) >= 11 is 0. The molecule has 0 atom stereocenters. The fraction of sp³-hybridized carbons (Fsp3) is 0.444. The summed E-state index contributed by atoms with van der Waals surface area (Å²) < 4.78 is 4.70. The van der Waals surface area contributed by atoms with E-state index in [0.29, 0.717) is 6.42 Å². The molecule has 0 fully saturated rings. The minimum Gasteiger partial charge on any atom is -0.512 e. The van der Waals surface area contributed by atoms with E-state index in [1.807, 2.05) is 0 Å². The summed E-state index contributed by atoms with van der Waals surface area (Å²) in [6.45, 7) is 6.87. The number of carbonyl (C=O) groups excluding carboxylic acids is 1. The monoisotopic (exact) mass is 170 g/mol. The fourth-order valence-corrected chi connectivity index (χ4v) is 0.626. The lowest BCUT2D eigenvalue weighted by Gasteiger charge is -2.03. The summed E-state index contributed by atoms with van der Waals surface area (Å²) in [5.74, 6) is -0.418. The first kappa shape index (κ1) is 10.8. The van der Waals surface area contributed by atoms with Gasteiger partial charge in [0.15, 0.2) is 0 Å². The zero-order chi connectivity index (χ0) is 9.56. The van der Waals surface area contributed by atoms with Gasteiger partial charge in [-0.05, 0) is 6.92 Å². The first-order chi connectivity index (χ1) is 5.63. The maximum absolute atomic E-state index is 11.0. The first-order valence-electron chi connectivity index (χ1n) is 3.80. The van der Waals surface area contributed by atoms with E-state index in [0.717, 1.165) is 0 Å². The number of hydrogen-bond acceptors (Lipinski definition) is 3. The van der Waals surface area contributed by atoms with Crippen LogP contribution in [0.2, 0.25) is 0 Å². The van der Waals surface area contributed by atoms with Crippen LogP contribution >= 0.6 is 0 Å². The summed E-state index contributed by atoms with van der Waals surface area (Å²) in [4.78, 5) is 11.0. The second-order valence-electron chi connectivity index (χ2n) is 2.31. The molecule has 1 N–H and O–H groups in total. The van der Waals surface area contributed by atoms with E-state index in [2.05, 4.69) is 6.58 Å². The van der Waals surface area contributed by atoms with Crippen molar-refractivity contribution in [3.63, 3.8) is 0 Å². The zero-order valence-electron chi connectivity index (χ0n) is 7.46. The molecule has 0 aliphatic rings. The smallest absolute Gasteiger partial charge is 0.337 e. The Hall–Kier alpha value is -1.25. The Morgan fingerprint density at radius 2 is 2.25 bits per heavy atom. The van der Waals surface area contributed by atoms with Crippen LogP contribution in [0.3, 0.4) is 0 Å². The molecule has 0 saturated heterocycles. The number of allylic oxidation sites excluding steroid dienone is 1. The van der Waals surface area contributed by atoms with Gasteiger partial charge < -0.3 is 9.84 Å². The normalized spacial score (nSPS) is 11.8. The predicted octanol–water partition coefficient (Wildman–Crippen LogP) is 1.96. The van der Waals surface area contributed by atoms with Crippen molar-refractivity contribution < 1.29 is 14.6 Å².